The zero-order valence-electron chi connectivity index (χ0n) is 14.0. The molecule has 1 heteroatoms. The van der Waals surface area contributed by atoms with E-state index in [4.69, 9.17) is 0 Å². The van der Waals surface area contributed by atoms with E-state index in [0.29, 0.717) is 0 Å². The molecule has 1 heterocycles. The summed E-state index contributed by atoms with van der Waals surface area (Å²) >= 11 is 0. The normalized spacial score (nSPS) is 10.6. The highest BCUT2D eigenvalue weighted by molar-refractivity contribution is 5.84. The fraction of sp³-hybridized carbons (Fsp3) is 0. The van der Waals surface area contributed by atoms with Gasteiger partial charge in [0, 0.05) is 18.0 Å². The molecule has 0 spiro atoms. The van der Waals surface area contributed by atoms with E-state index in [1.165, 1.54) is 33.5 Å². The Kier molecular flexibility index (Phi) is 4.05. The Hall–Kier alpha value is -3.32. The third-order valence-corrected chi connectivity index (χ3v) is 4.46. The molecule has 120 valence electrons. The summed E-state index contributed by atoms with van der Waals surface area (Å²) in [5.41, 5.74) is 7.24. The number of aromatic nitrogens is 1. The zero-order valence-corrected chi connectivity index (χ0v) is 14.0. The smallest absolute Gasteiger partial charge is 0.0600 e. The first-order chi connectivity index (χ1) is 12.4. The highest BCUT2D eigenvalue weighted by Gasteiger charge is 2.12. The number of benzene rings is 3. The van der Waals surface area contributed by atoms with Crippen LogP contribution in [0.5, 0.6) is 0 Å². The molecule has 0 saturated heterocycles. The van der Waals surface area contributed by atoms with E-state index in [0.717, 1.165) is 0 Å². The van der Waals surface area contributed by atoms with Gasteiger partial charge in [0.1, 0.15) is 0 Å². The third kappa shape index (κ3) is 2.92. The fourth-order valence-electron chi connectivity index (χ4n) is 3.21. The maximum absolute atomic E-state index is 3.95. The molecule has 3 aromatic carbocycles. The first-order valence-corrected chi connectivity index (χ1v) is 8.41. The van der Waals surface area contributed by atoms with Crippen LogP contribution < -0.4 is 0 Å². The van der Waals surface area contributed by atoms with Crippen molar-refractivity contribution in [3.63, 3.8) is 0 Å². The molecular weight excluding hydrogens is 302 g/mol. The van der Waals surface area contributed by atoms with Gasteiger partial charge in [0.25, 0.3) is 0 Å². The Morgan fingerprint density at radius 3 is 1.68 bits per heavy atom. The van der Waals surface area contributed by atoms with Crippen molar-refractivity contribution in [1.82, 2.24) is 4.57 Å². The highest BCUT2D eigenvalue weighted by Crippen LogP contribution is 2.34. The molecule has 4 aromatic rings. The average Bonchev–Trinajstić information content (AvgIpc) is 3.13. The topological polar surface area (TPSA) is 4.93 Å². The molecule has 1 nitrogen and oxygen atoms in total. The second-order valence-electron chi connectivity index (χ2n) is 5.98. The summed E-state index contributed by atoms with van der Waals surface area (Å²) < 4.78 is 2.08. The van der Waals surface area contributed by atoms with Crippen LogP contribution in [-0.2, 0) is 0 Å². The SMILES string of the molecule is C=Cn1ccc(-c2ccccc2)c1-c1ccc(-c2ccccc2)cc1. The summed E-state index contributed by atoms with van der Waals surface area (Å²) in [6.45, 7) is 3.95. The van der Waals surface area contributed by atoms with E-state index >= 15 is 0 Å². The second kappa shape index (κ2) is 6.66. The number of nitrogens with zero attached hydrogens (tertiary/aromatic N) is 1. The first-order valence-electron chi connectivity index (χ1n) is 8.41. The van der Waals surface area contributed by atoms with Gasteiger partial charge in [-0.3, -0.25) is 0 Å². The van der Waals surface area contributed by atoms with Crippen LogP contribution in [0.15, 0.2) is 104 Å². The van der Waals surface area contributed by atoms with Crippen molar-refractivity contribution in [2.45, 2.75) is 0 Å². The van der Waals surface area contributed by atoms with E-state index < -0.39 is 0 Å². The monoisotopic (exact) mass is 321 g/mol. The van der Waals surface area contributed by atoms with Gasteiger partial charge in [0.15, 0.2) is 0 Å². The molecule has 0 aliphatic heterocycles. The quantitative estimate of drug-likeness (QED) is 0.399. The molecule has 4 rings (SSSR count). The van der Waals surface area contributed by atoms with Crippen molar-refractivity contribution in [2.75, 3.05) is 0 Å². The Morgan fingerprint density at radius 2 is 1.08 bits per heavy atom. The fourth-order valence-corrected chi connectivity index (χ4v) is 3.21. The molecule has 0 radical (unpaired) electrons. The standard InChI is InChI=1S/C24H19N/c1-2-25-18-17-23(21-11-7-4-8-12-21)24(25)22-15-13-20(14-16-22)19-9-5-3-6-10-19/h2-18H,1H2. The highest BCUT2D eigenvalue weighted by atomic mass is 14.9. The lowest BCUT2D eigenvalue weighted by Crippen LogP contribution is -1.90. The maximum Gasteiger partial charge on any atom is 0.0600 e. The summed E-state index contributed by atoms with van der Waals surface area (Å²) in [5.74, 6) is 0. The molecule has 0 aliphatic rings. The third-order valence-electron chi connectivity index (χ3n) is 4.46. The number of rotatable bonds is 4. The van der Waals surface area contributed by atoms with E-state index in [2.05, 4.69) is 96.2 Å². The summed E-state index contributed by atoms with van der Waals surface area (Å²) in [6, 6.07) is 31.8. The van der Waals surface area contributed by atoms with Crippen LogP contribution in [0.1, 0.15) is 0 Å². The Balaban J connectivity index is 1.80. The lowest BCUT2D eigenvalue weighted by molar-refractivity contribution is 1.18. The van der Waals surface area contributed by atoms with Crippen LogP contribution in [0.3, 0.4) is 0 Å². The molecular formula is C24H19N. The van der Waals surface area contributed by atoms with Gasteiger partial charge in [-0.05, 0) is 28.3 Å². The van der Waals surface area contributed by atoms with Gasteiger partial charge in [-0.15, -0.1) is 0 Å². The van der Waals surface area contributed by atoms with Crippen LogP contribution in [0.4, 0.5) is 0 Å². The van der Waals surface area contributed by atoms with Gasteiger partial charge in [-0.2, -0.15) is 0 Å². The van der Waals surface area contributed by atoms with Gasteiger partial charge in [-0.25, -0.2) is 0 Å². The van der Waals surface area contributed by atoms with Gasteiger partial charge < -0.3 is 4.57 Å². The molecule has 1 aromatic heterocycles. The van der Waals surface area contributed by atoms with Gasteiger partial charge >= 0.3 is 0 Å². The van der Waals surface area contributed by atoms with E-state index in [1.54, 1.807) is 0 Å². The molecule has 0 N–H and O–H groups in total. The first kappa shape index (κ1) is 15.2. The van der Waals surface area contributed by atoms with Crippen molar-refractivity contribution in [1.29, 1.82) is 0 Å². The van der Waals surface area contributed by atoms with Gasteiger partial charge in [-0.1, -0.05) is 91.5 Å². The summed E-state index contributed by atoms with van der Waals surface area (Å²) in [7, 11) is 0. The van der Waals surface area contributed by atoms with Gasteiger partial charge in [0.2, 0.25) is 0 Å². The van der Waals surface area contributed by atoms with Crippen molar-refractivity contribution < 1.29 is 0 Å². The van der Waals surface area contributed by atoms with Crippen LogP contribution in [0.2, 0.25) is 0 Å². The van der Waals surface area contributed by atoms with E-state index in [9.17, 15) is 0 Å². The summed E-state index contributed by atoms with van der Waals surface area (Å²) in [6.07, 6.45) is 3.92. The minimum absolute atomic E-state index is 1.17. The van der Waals surface area contributed by atoms with Crippen LogP contribution in [0, 0.1) is 0 Å². The lowest BCUT2D eigenvalue weighted by atomic mass is 9.99. The van der Waals surface area contributed by atoms with Crippen molar-refractivity contribution in [3.8, 4) is 33.5 Å². The maximum atomic E-state index is 3.95. The minimum Gasteiger partial charge on any atom is -0.323 e. The predicted molar refractivity (Wildman–Crippen MR) is 107 cm³/mol. The molecule has 0 aliphatic carbocycles. The summed E-state index contributed by atoms with van der Waals surface area (Å²) in [4.78, 5) is 0. The van der Waals surface area contributed by atoms with Gasteiger partial charge in [0.05, 0.1) is 5.69 Å². The van der Waals surface area contributed by atoms with Crippen molar-refractivity contribution >= 4 is 6.20 Å². The van der Waals surface area contributed by atoms with Crippen molar-refractivity contribution in [2.24, 2.45) is 0 Å². The summed E-state index contributed by atoms with van der Waals surface area (Å²) in [5, 5.41) is 0. The Labute approximate surface area is 148 Å². The number of hydrogen-bond acceptors (Lipinski definition) is 0. The lowest BCUT2D eigenvalue weighted by Gasteiger charge is -2.10. The van der Waals surface area contributed by atoms with Crippen molar-refractivity contribution in [3.05, 3.63) is 104 Å². The minimum atomic E-state index is 1.17. The van der Waals surface area contributed by atoms with E-state index in [1.807, 2.05) is 18.3 Å². The molecule has 25 heavy (non-hydrogen) atoms. The Bertz CT molecular complexity index is 977. The Morgan fingerprint density at radius 1 is 0.560 bits per heavy atom. The van der Waals surface area contributed by atoms with E-state index in [-0.39, 0.29) is 0 Å². The predicted octanol–water partition coefficient (Wildman–Crippen LogP) is 6.59. The number of hydrogen-bond donors (Lipinski definition) is 0. The second-order valence-corrected chi connectivity index (χ2v) is 5.98. The van der Waals surface area contributed by atoms with Crippen LogP contribution >= 0.6 is 0 Å². The van der Waals surface area contributed by atoms with Crippen LogP contribution in [-0.4, -0.2) is 4.57 Å². The molecule has 0 saturated carbocycles. The average molecular weight is 321 g/mol. The van der Waals surface area contributed by atoms with Crippen LogP contribution in [0.25, 0.3) is 39.7 Å². The molecule has 0 atom stereocenters. The molecule has 0 fully saturated rings. The largest absolute Gasteiger partial charge is 0.323 e. The zero-order chi connectivity index (χ0) is 17.1. The molecule has 0 bridgehead atoms. The molecule has 0 amide bonds. The molecule has 0 unspecified atom stereocenters.